The highest BCUT2D eigenvalue weighted by atomic mass is 35.5. The summed E-state index contributed by atoms with van der Waals surface area (Å²) < 4.78 is 8.56. The van der Waals surface area contributed by atoms with Crippen LogP contribution in [0.5, 0.6) is 5.75 Å². The fourth-order valence-electron chi connectivity index (χ4n) is 5.47. The Morgan fingerprint density at radius 1 is 0.958 bits per heavy atom. The van der Waals surface area contributed by atoms with Crippen LogP contribution in [0.2, 0.25) is 5.02 Å². The minimum atomic E-state index is -1.03. The average Bonchev–Trinajstić information content (AvgIpc) is 3.73. The van der Waals surface area contributed by atoms with Crippen LogP contribution in [-0.4, -0.2) is 84.6 Å². The largest absolute Gasteiger partial charge is 0.507 e. The number of ether oxygens (including phenoxy) is 1. The van der Waals surface area contributed by atoms with Crippen molar-refractivity contribution in [2.75, 3.05) is 31.6 Å². The number of hydrogen-bond acceptors (Lipinski definition) is 8. The number of carbonyl (C=O) groups excluding carboxylic acids is 3. The summed E-state index contributed by atoms with van der Waals surface area (Å²) in [6.45, 7) is 1.75. The number of carbonyl (C=O) groups is 3. The second-order valence-electron chi connectivity index (χ2n) is 11.3. The summed E-state index contributed by atoms with van der Waals surface area (Å²) in [6.07, 6.45) is 3.15. The van der Waals surface area contributed by atoms with Gasteiger partial charge in [0.25, 0.3) is 11.8 Å². The molecule has 2 aromatic heterocycles. The average molecular weight is 669 g/mol. The molecule has 6 rings (SSSR count). The molecule has 0 bridgehead atoms. The molecule has 3 N–H and O–H groups in total. The van der Waals surface area contributed by atoms with Gasteiger partial charge in [0.05, 0.1) is 18.8 Å². The minimum absolute atomic E-state index is 0.0524. The maximum absolute atomic E-state index is 13.8. The fraction of sp³-hybridized carbons (Fsp3) is 0.235. The molecule has 48 heavy (non-hydrogen) atoms. The van der Waals surface area contributed by atoms with Gasteiger partial charge >= 0.3 is 0 Å². The molecule has 3 amide bonds. The molecule has 1 unspecified atom stereocenters. The van der Waals surface area contributed by atoms with Crippen LogP contribution >= 0.6 is 11.6 Å². The quantitative estimate of drug-likeness (QED) is 0.215. The molecule has 1 saturated heterocycles. The minimum Gasteiger partial charge on any atom is -0.507 e. The monoisotopic (exact) mass is 668 g/mol. The number of halogens is 1. The van der Waals surface area contributed by atoms with E-state index in [1.807, 2.05) is 25.2 Å². The topological polar surface area (TPSA) is 156 Å². The van der Waals surface area contributed by atoms with E-state index in [1.165, 1.54) is 16.9 Å². The Morgan fingerprint density at radius 2 is 1.67 bits per heavy atom. The molecular weight excluding hydrogens is 636 g/mol. The molecule has 5 aromatic rings. The number of aromatic hydroxyl groups is 1. The van der Waals surface area contributed by atoms with E-state index >= 15 is 0 Å². The first-order valence-corrected chi connectivity index (χ1v) is 15.6. The molecular formula is C34H33ClN8O5. The lowest BCUT2D eigenvalue weighted by Crippen LogP contribution is -2.45. The number of anilines is 1. The number of phenols is 1. The van der Waals surface area contributed by atoms with Crippen molar-refractivity contribution in [1.82, 2.24) is 34.8 Å². The number of rotatable bonds is 9. The van der Waals surface area contributed by atoms with Gasteiger partial charge in [0.15, 0.2) is 5.82 Å². The maximum atomic E-state index is 13.8. The Morgan fingerprint density at radius 3 is 2.35 bits per heavy atom. The van der Waals surface area contributed by atoms with Crippen molar-refractivity contribution in [2.45, 2.75) is 12.5 Å². The van der Waals surface area contributed by atoms with Gasteiger partial charge < -0.3 is 29.9 Å². The lowest BCUT2D eigenvalue weighted by Gasteiger charge is -2.27. The summed E-state index contributed by atoms with van der Waals surface area (Å²) in [6, 6.07) is 17.8. The number of aromatic nitrogens is 5. The summed E-state index contributed by atoms with van der Waals surface area (Å²) in [5, 5.41) is 28.8. The second-order valence-corrected chi connectivity index (χ2v) is 11.8. The summed E-state index contributed by atoms with van der Waals surface area (Å²) in [7, 11) is 3.48. The second kappa shape index (κ2) is 14.1. The molecule has 1 aliphatic heterocycles. The standard InChI is InChI=1S/C34H33ClN8O5/c1-41-20-36-40-31(41)21-3-7-25(8-4-21)38-32(45)28(39-33(46)29-11-12-37-42(29)2)19-24-17-22(5-9-27(24)35)23-6-10-30(44)26(18-23)34(47)43-13-15-48-16-14-43/h3-12,17-18,20,28,44H,13-16,19H2,1-2H3,(H,38,45)(H,39,46). The Labute approximate surface area is 281 Å². The molecule has 1 aliphatic rings. The Bertz CT molecular complexity index is 1970. The highest BCUT2D eigenvalue weighted by Crippen LogP contribution is 2.31. The van der Waals surface area contributed by atoms with E-state index in [4.69, 9.17) is 16.3 Å². The molecule has 14 heteroatoms. The molecule has 246 valence electrons. The molecule has 0 spiro atoms. The smallest absolute Gasteiger partial charge is 0.270 e. The number of nitrogens with one attached hydrogen (secondary N) is 2. The van der Waals surface area contributed by atoms with Crippen LogP contribution < -0.4 is 10.6 Å². The lowest BCUT2D eigenvalue weighted by molar-refractivity contribution is -0.118. The zero-order chi connectivity index (χ0) is 33.8. The van der Waals surface area contributed by atoms with E-state index in [-0.39, 0.29) is 29.3 Å². The van der Waals surface area contributed by atoms with Crippen LogP contribution in [0.4, 0.5) is 5.69 Å². The van der Waals surface area contributed by atoms with E-state index in [9.17, 15) is 19.5 Å². The Hall–Kier alpha value is -5.53. The van der Waals surface area contributed by atoms with Gasteiger partial charge in [0.2, 0.25) is 5.91 Å². The first-order valence-electron chi connectivity index (χ1n) is 15.2. The molecule has 0 aliphatic carbocycles. The molecule has 3 aromatic carbocycles. The van der Waals surface area contributed by atoms with Crippen LogP contribution in [0.3, 0.4) is 0 Å². The number of hydrogen-bond donors (Lipinski definition) is 3. The first kappa shape index (κ1) is 32.4. The van der Waals surface area contributed by atoms with Crippen LogP contribution in [0, 0.1) is 0 Å². The van der Waals surface area contributed by atoms with Crippen molar-refractivity contribution in [3.8, 4) is 28.3 Å². The van der Waals surface area contributed by atoms with Crippen molar-refractivity contribution >= 4 is 35.0 Å². The van der Waals surface area contributed by atoms with Gasteiger partial charge in [-0.15, -0.1) is 10.2 Å². The van der Waals surface area contributed by atoms with Crippen molar-refractivity contribution in [1.29, 1.82) is 0 Å². The van der Waals surface area contributed by atoms with Crippen molar-refractivity contribution in [3.05, 3.63) is 101 Å². The van der Waals surface area contributed by atoms with Crippen LogP contribution in [0.25, 0.3) is 22.5 Å². The van der Waals surface area contributed by atoms with E-state index in [1.54, 1.807) is 65.3 Å². The third kappa shape index (κ3) is 7.06. The third-order valence-electron chi connectivity index (χ3n) is 8.13. The van der Waals surface area contributed by atoms with Gasteiger partial charge in [-0.1, -0.05) is 23.7 Å². The summed E-state index contributed by atoms with van der Waals surface area (Å²) in [5.74, 6) is -0.670. The van der Waals surface area contributed by atoms with E-state index in [0.29, 0.717) is 59.5 Å². The Kier molecular flexibility index (Phi) is 9.50. The Balaban J connectivity index is 1.26. The third-order valence-corrected chi connectivity index (χ3v) is 8.49. The normalized spacial score (nSPS) is 13.6. The fourth-order valence-corrected chi connectivity index (χ4v) is 5.66. The van der Waals surface area contributed by atoms with E-state index in [2.05, 4.69) is 25.9 Å². The SMILES string of the molecule is Cn1cnnc1-c1ccc(NC(=O)C(Cc2cc(-c3ccc(O)c(C(=O)N4CCOCC4)c3)ccc2Cl)NC(=O)c2ccnn2C)cc1. The zero-order valence-corrected chi connectivity index (χ0v) is 27.0. The molecule has 3 heterocycles. The van der Waals surface area contributed by atoms with Crippen molar-refractivity contribution in [3.63, 3.8) is 0 Å². The number of nitrogens with zero attached hydrogens (tertiary/aromatic N) is 6. The number of phenolic OH excluding ortho intramolecular Hbond substituents is 1. The predicted molar refractivity (Wildman–Crippen MR) is 179 cm³/mol. The molecule has 1 atom stereocenters. The van der Waals surface area contributed by atoms with Crippen LogP contribution in [0.1, 0.15) is 26.4 Å². The van der Waals surface area contributed by atoms with E-state index < -0.39 is 17.9 Å². The maximum Gasteiger partial charge on any atom is 0.270 e. The van der Waals surface area contributed by atoms with Crippen LogP contribution in [-0.2, 0) is 30.0 Å². The first-order chi connectivity index (χ1) is 23.2. The van der Waals surface area contributed by atoms with Gasteiger partial charge in [-0.2, -0.15) is 5.10 Å². The van der Waals surface area contributed by atoms with Gasteiger partial charge in [-0.05, 0) is 71.3 Å². The summed E-state index contributed by atoms with van der Waals surface area (Å²) in [4.78, 5) is 41.9. The molecule has 1 fully saturated rings. The highest BCUT2D eigenvalue weighted by Gasteiger charge is 2.26. The summed E-state index contributed by atoms with van der Waals surface area (Å²) in [5.41, 5.74) is 3.77. The number of aryl methyl sites for hydroxylation is 2. The summed E-state index contributed by atoms with van der Waals surface area (Å²) >= 11 is 6.66. The van der Waals surface area contributed by atoms with Gasteiger partial charge in [0, 0.05) is 56.1 Å². The van der Waals surface area contributed by atoms with Gasteiger partial charge in [0.1, 0.15) is 23.8 Å². The van der Waals surface area contributed by atoms with E-state index in [0.717, 1.165) is 5.56 Å². The van der Waals surface area contributed by atoms with Crippen molar-refractivity contribution in [2.24, 2.45) is 14.1 Å². The highest BCUT2D eigenvalue weighted by molar-refractivity contribution is 6.31. The van der Waals surface area contributed by atoms with Crippen LogP contribution in [0.15, 0.2) is 79.3 Å². The molecule has 13 nitrogen and oxygen atoms in total. The zero-order valence-electron chi connectivity index (χ0n) is 26.3. The van der Waals surface area contributed by atoms with Gasteiger partial charge in [-0.3, -0.25) is 19.1 Å². The van der Waals surface area contributed by atoms with Crippen molar-refractivity contribution < 1.29 is 24.2 Å². The number of morpholine rings is 1. The molecule has 0 radical (unpaired) electrons. The lowest BCUT2D eigenvalue weighted by atomic mass is 9.97. The van der Waals surface area contributed by atoms with Gasteiger partial charge in [-0.25, -0.2) is 0 Å². The molecule has 0 saturated carbocycles. The number of amides is 3. The predicted octanol–water partition coefficient (Wildman–Crippen LogP) is 3.69. The number of benzene rings is 3.